The minimum atomic E-state index is -1.17. The highest BCUT2D eigenvalue weighted by Gasteiger charge is 2.76. The molecular weight excluding hydrogens is 550 g/mol. The largest absolute Gasteiger partial charge is 0.460 e. The van der Waals surface area contributed by atoms with Crippen LogP contribution in [0.5, 0.6) is 0 Å². The van der Waals surface area contributed by atoms with E-state index in [1.54, 1.807) is 24.0 Å². The fourth-order valence-corrected chi connectivity index (χ4v) is 7.82. The van der Waals surface area contributed by atoms with Crippen molar-refractivity contribution in [2.45, 2.75) is 121 Å². The molecule has 2 N–H and O–H groups in total. The molecule has 3 aliphatic heterocycles. The SMILES string of the molecule is C=CCCC(=O)NC[C@@H](C)OC(=O)[C@@H]1[C@@H]2CC[C@]3(O2)[C@H](C(=O)N(CC=C)C2CCCCC2)N([C@@H](CO)[C@@H](C)CC)C(=O)[C@@H]13. The van der Waals surface area contributed by atoms with E-state index < -0.39 is 47.7 Å². The molecule has 1 aliphatic carbocycles. The van der Waals surface area contributed by atoms with Crippen LogP contribution in [-0.4, -0.2) is 94.2 Å². The lowest BCUT2D eigenvalue weighted by atomic mass is 9.70. The highest BCUT2D eigenvalue weighted by atomic mass is 16.6. The molecule has 240 valence electrons. The maximum atomic E-state index is 14.7. The molecular formula is C33H51N3O7. The van der Waals surface area contributed by atoms with E-state index in [0.717, 1.165) is 32.1 Å². The van der Waals surface area contributed by atoms with Gasteiger partial charge in [0.2, 0.25) is 17.7 Å². The smallest absolute Gasteiger partial charge is 0.312 e. The van der Waals surface area contributed by atoms with Gasteiger partial charge in [0.15, 0.2) is 0 Å². The number of amides is 3. The summed E-state index contributed by atoms with van der Waals surface area (Å²) in [6, 6.07) is -1.49. The highest BCUT2D eigenvalue weighted by molar-refractivity contribution is 5.98. The zero-order valence-electron chi connectivity index (χ0n) is 26.2. The van der Waals surface area contributed by atoms with Gasteiger partial charge >= 0.3 is 5.97 Å². The molecule has 0 aromatic heterocycles. The number of carbonyl (C=O) groups is 4. The van der Waals surface area contributed by atoms with Gasteiger partial charge < -0.3 is 29.7 Å². The van der Waals surface area contributed by atoms with Crippen molar-refractivity contribution in [2.75, 3.05) is 19.7 Å². The summed E-state index contributed by atoms with van der Waals surface area (Å²) in [7, 11) is 0. The summed E-state index contributed by atoms with van der Waals surface area (Å²) < 4.78 is 12.4. The predicted octanol–water partition coefficient (Wildman–Crippen LogP) is 3.13. The molecule has 3 amide bonds. The summed E-state index contributed by atoms with van der Waals surface area (Å²) in [4.78, 5) is 58.3. The van der Waals surface area contributed by atoms with Gasteiger partial charge in [-0.2, -0.15) is 0 Å². The van der Waals surface area contributed by atoms with Crippen LogP contribution in [0.4, 0.5) is 0 Å². The first-order valence-corrected chi connectivity index (χ1v) is 16.2. The average Bonchev–Trinajstić information content (AvgIpc) is 3.65. The lowest BCUT2D eigenvalue weighted by molar-refractivity contribution is -0.160. The van der Waals surface area contributed by atoms with Gasteiger partial charge in [0.25, 0.3) is 0 Å². The molecule has 1 saturated carbocycles. The van der Waals surface area contributed by atoms with E-state index in [1.807, 2.05) is 18.7 Å². The van der Waals surface area contributed by atoms with Crippen molar-refractivity contribution in [3.63, 3.8) is 0 Å². The normalized spacial score (nSPS) is 30.3. The van der Waals surface area contributed by atoms with Crippen LogP contribution in [0.15, 0.2) is 25.3 Å². The van der Waals surface area contributed by atoms with Crippen molar-refractivity contribution >= 4 is 23.7 Å². The molecule has 10 heteroatoms. The Kier molecular flexibility index (Phi) is 11.1. The number of rotatable bonds is 15. The van der Waals surface area contributed by atoms with E-state index in [9.17, 15) is 24.3 Å². The van der Waals surface area contributed by atoms with Gasteiger partial charge in [-0.25, -0.2) is 0 Å². The molecule has 4 aliphatic rings. The van der Waals surface area contributed by atoms with Gasteiger partial charge in [0.1, 0.15) is 17.7 Å². The number of hydrogen-bond donors (Lipinski definition) is 2. The van der Waals surface area contributed by atoms with Crippen molar-refractivity contribution in [2.24, 2.45) is 17.8 Å². The summed E-state index contributed by atoms with van der Waals surface area (Å²) in [5.41, 5.74) is -1.17. The Hall–Kier alpha value is -2.72. The van der Waals surface area contributed by atoms with E-state index in [4.69, 9.17) is 9.47 Å². The van der Waals surface area contributed by atoms with E-state index >= 15 is 0 Å². The summed E-state index contributed by atoms with van der Waals surface area (Å²) in [5, 5.41) is 13.3. The third-order valence-corrected chi connectivity index (χ3v) is 10.2. The van der Waals surface area contributed by atoms with Crippen molar-refractivity contribution in [1.29, 1.82) is 0 Å². The number of aliphatic hydroxyl groups is 1. The topological polar surface area (TPSA) is 125 Å². The Morgan fingerprint density at radius 2 is 1.91 bits per heavy atom. The third-order valence-electron chi connectivity index (χ3n) is 10.2. The van der Waals surface area contributed by atoms with Crippen LogP contribution in [0.25, 0.3) is 0 Å². The minimum absolute atomic E-state index is 0.0460. The molecule has 10 nitrogen and oxygen atoms in total. The van der Waals surface area contributed by atoms with Crippen LogP contribution in [0.2, 0.25) is 0 Å². The monoisotopic (exact) mass is 601 g/mol. The molecule has 4 rings (SSSR count). The van der Waals surface area contributed by atoms with E-state index in [-0.39, 0.29) is 42.8 Å². The third kappa shape index (κ3) is 6.41. The van der Waals surface area contributed by atoms with Gasteiger partial charge in [-0.15, -0.1) is 13.2 Å². The molecule has 0 radical (unpaired) electrons. The summed E-state index contributed by atoms with van der Waals surface area (Å²) in [6.07, 6.45) is 9.83. The van der Waals surface area contributed by atoms with Gasteiger partial charge in [-0.05, 0) is 44.9 Å². The van der Waals surface area contributed by atoms with E-state index in [2.05, 4.69) is 18.5 Å². The van der Waals surface area contributed by atoms with Crippen LogP contribution >= 0.6 is 0 Å². The zero-order chi connectivity index (χ0) is 31.3. The second kappa shape index (κ2) is 14.4. The van der Waals surface area contributed by atoms with Crippen molar-refractivity contribution < 1.29 is 33.8 Å². The number of allylic oxidation sites excluding steroid dienone is 1. The molecule has 0 aromatic carbocycles. The number of likely N-dealkylation sites (tertiary alicyclic amines) is 1. The molecule has 8 atom stereocenters. The van der Waals surface area contributed by atoms with Gasteiger partial charge in [-0.3, -0.25) is 19.2 Å². The molecule has 4 fully saturated rings. The van der Waals surface area contributed by atoms with Gasteiger partial charge in [-0.1, -0.05) is 51.7 Å². The standard InChI is InChI=1S/C33H51N3O7/c1-6-9-15-26(38)34-19-22(5)42-32(41)27-25-16-17-33(43-25)28(27)30(39)36(24(20-37)21(4)8-3)29(33)31(40)35(18-7-2)23-13-11-10-12-14-23/h6-7,21-25,27-29,37H,1-2,8-20H2,3-5H3,(H,34,38)/t21-,22+,24-,25-,27+,28+,29-,33+/m0/s1. The van der Waals surface area contributed by atoms with Crippen LogP contribution in [0, 0.1) is 17.8 Å². The quantitative estimate of drug-likeness (QED) is 0.218. The van der Waals surface area contributed by atoms with Crippen LogP contribution in [0.3, 0.4) is 0 Å². The summed E-state index contributed by atoms with van der Waals surface area (Å²) in [5.74, 6) is -3.03. The number of nitrogens with zero attached hydrogens (tertiary/aromatic N) is 2. The van der Waals surface area contributed by atoms with Crippen LogP contribution in [-0.2, 0) is 28.7 Å². The predicted molar refractivity (Wildman–Crippen MR) is 162 cm³/mol. The second-order valence-electron chi connectivity index (χ2n) is 12.9. The number of aliphatic hydroxyl groups excluding tert-OH is 1. The highest BCUT2D eigenvalue weighted by Crippen LogP contribution is 2.59. The maximum Gasteiger partial charge on any atom is 0.312 e. The molecule has 1 spiro atoms. The Morgan fingerprint density at radius 1 is 1.19 bits per heavy atom. The molecule has 3 saturated heterocycles. The number of fused-ring (bicyclic) bond motifs is 1. The Morgan fingerprint density at radius 3 is 2.53 bits per heavy atom. The van der Waals surface area contributed by atoms with Gasteiger partial charge in [0.05, 0.1) is 37.1 Å². The fraction of sp³-hybridized carbons (Fsp3) is 0.758. The number of esters is 1. The Bertz CT molecular complexity index is 1060. The van der Waals surface area contributed by atoms with Crippen LogP contribution < -0.4 is 5.32 Å². The molecule has 0 aromatic rings. The van der Waals surface area contributed by atoms with Crippen LogP contribution in [0.1, 0.15) is 85.0 Å². The Labute approximate surface area is 256 Å². The Balaban J connectivity index is 1.63. The molecule has 43 heavy (non-hydrogen) atoms. The maximum absolute atomic E-state index is 14.7. The first-order valence-electron chi connectivity index (χ1n) is 16.2. The molecule has 3 heterocycles. The van der Waals surface area contributed by atoms with E-state index in [1.165, 1.54) is 0 Å². The first-order chi connectivity index (χ1) is 20.6. The van der Waals surface area contributed by atoms with Gasteiger partial charge in [0, 0.05) is 19.0 Å². The number of carbonyl (C=O) groups excluding carboxylic acids is 4. The first kappa shape index (κ1) is 33.2. The van der Waals surface area contributed by atoms with Crippen molar-refractivity contribution in [1.82, 2.24) is 15.1 Å². The number of nitrogens with one attached hydrogen (secondary N) is 1. The number of hydrogen-bond acceptors (Lipinski definition) is 7. The van der Waals surface area contributed by atoms with E-state index in [0.29, 0.717) is 38.6 Å². The fourth-order valence-electron chi connectivity index (χ4n) is 7.82. The average molecular weight is 602 g/mol. The lowest BCUT2D eigenvalue weighted by Crippen LogP contribution is -2.61. The minimum Gasteiger partial charge on any atom is -0.460 e. The van der Waals surface area contributed by atoms with Crippen molar-refractivity contribution in [3.8, 4) is 0 Å². The zero-order valence-corrected chi connectivity index (χ0v) is 26.2. The second-order valence-corrected chi connectivity index (χ2v) is 12.9. The molecule has 0 unspecified atom stereocenters. The lowest BCUT2D eigenvalue weighted by Gasteiger charge is -2.43. The summed E-state index contributed by atoms with van der Waals surface area (Å²) in [6.45, 7) is 13.4. The van der Waals surface area contributed by atoms with Crippen molar-refractivity contribution in [3.05, 3.63) is 25.3 Å². The molecule has 2 bridgehead atoms. The summed E-state index contributed by atoms with van der Waals surface area (Å²) >= 11 is 0. The number of ether oxygens (including phenoxy) is 2.